The number of hydrogen-bond donors (Lipinski definition) is 0. The SMILES string of the molecule is COc1ccc(-c2cc(-c3cccc[n+]3C)cc(-c3ccc(OC)cc3)[o+]2)cc1. The summed E-state index contributed by atoms with van der Waals surface area (Å²) in [4.78, 5) is 0. The molecule has 0 N–H and O–H groups in total. The van der Waals surface area contributed by atoms with E-state index < -0.39 is 0 Å². The van der Waals surface area contributed by atoms with E-state index in [0.717, 1.165) is 45.4 Å². The number of nitrogens with zero attached hydrogens (tertiary/aromatic N) is 1. The van der Waals surface area contributed by atoms with Gasteiger partial charge in [-0.15, -0.1) is 0 Å². The molecule has 2 aromatic carbocycles. The van der Waals surface area contributed by atoms with Crippen molar-refractivity contribution in [2.24, 2.45) is 7.05 Å². The van der Waals surface area contributed by atoms with Gasteiger partial charge in [-0.2, -0.15) is 0 Å². The molecule has 2 aromatic heterocycles. The molecule has 0 saturated heterocycles. The number of hydrogen-bond acceptors (Lipinski definition) is 2. The van der Waals surface area contributed by atoms with Crippen molar-refractivity contribution in [1.82, 2.24) is 0 Å². The number of pyridine rings is 1. The van der Waals surface area contributed by atoms with Crippen LogP contribution >= 0.6 is 0 Å². The molecule has 0 bridgehead atoms. The summed E-state index contributed by atoms with van der Waals surface area (Å²) in [6, 6.07) is 26.1. The second kappa shape index (κ2) is 8.15. The van der Waals surface area contributed by atoms with Crippen LogP contribution in [0.15, 0.2) is 89.5 Å². The van der Waals surface area contributed by atoms with Crippen molar-refractivity contribution in [2.75, 3.05) is 14.2 Å². The molecule has 0 spiro atoms. The van der Waals surface area contributed by atoms with Gasteiger partial charge < -0.3 is 9.47 Å². The summed E-state index contributed by atoms with van der Waals surface area (Å²) in [6.45, 7) is 0. The topological polar surface area (TPSA) is 33.6 Å². The van der Waals surface area contributed by atoms with Gasteiger partial charge in [0.05, 0.1) is 43.0 Å². The molecule has 4 nitrogen and oxygen atoms in total. The van der Waals surface area contributed by atoms with Crippen LogP contribution in [0.1, 0.15) is 0 Å². The molecule has 0 aliphatic rings. The number of aryl methyl sites for hydroxylation is 1. The first-order valence-electron chi connectivity index (χ1n) is 9.40. The zero-order chi connectivity index (χ0) is 20.2. The van der Waals surface area contributed by atoms with Gasteiger partial charge in [-0.05, 0) is 54.6 Å². The molecule has 4 heteroatoms. The molecule has 4 rings (SSSR count). The summed E-state index contributed by atoms with van der Waals surface area (Å²) < 4.78 is 19.0. The fraction of sp³-hybridized carbons (Fsp3) is 0.120. The highest BCUT2D eigenvalue weighted by molar-refractivity contribution is 5.72. The van der Waals surface area contributed by atoms with Gasteiger partial charge in [0.2, 0.25) is 5.69 Å². The molecule has 4 aromatic rings. The highest BCUT2D eigenvalue weighted by Crippen LogP contribution is 2.33. The highest BCUT2D eigenvalue weighted by Gasteiger charge is 2.23. The lowest BCUT2D eigenvalue weighted by Gasteiger charge is -2.03. The Morgan fingerprint density at radius 3 is 1.62 bits per heavy atom. The van der Waals surface area contributed by atoms with E-state index in [0.29, 0.717) is 0 Å². The quantitative estimate of drug-likeness (QED) is 0.341. The number of ether oxygens (including phenoxy) is 2. The third kappa shape index (κ3) is 3.97. The van der Waals surface area contributed by atoms with E-state index in [9.17, 15) is 0 Å². The van der Waals surface area contributed by atoms with Crippen LogP contribution in [0.3, 0.4) is 0 Å². The fourth-order valence-corrected chi connectivity index (χ4v) is 3.27. The molecule has 0 atom stereocenters. The highest BCUT2D eigenvalue weighted by atomic mass is 16.5. The Morgan fingerprint density at radius 1 is 0.655 bits per heavy atom. The van der Waals surface area contributed by atoms with Crippen LogP contribution in [0.5, 0.6) is 11.5 Å². The Bertz CT molecular complexity index is 1050. The Labute approximate surface area is 170 Å². The van der Waals surface area contributed by atoms with Gasteiger partial charge in [-0.3, -0.25) is 0 Å². The summed E-state index contributed by atoms with van der Waals surface area (Å²) in [5, 5.41) is 0. The maximum Gasteiger partial charge on any atom is 0.361 e. The predicted molar refractivity (Wildman–Crippen MR) is 114 cm³/mol. The summed E-state index contributed by atoms with van der Waals surface area (Å²) >= 11 is 0. The predicted octanol–water partition coefficient (Wildman–Crippen LogP) is 5.40. The monoisotopic (exact) mass is 385 g/mol. The van der Waals surface area contributed by atoms with Crippen molar-refractivity contribution in [3.63, 3.8) is 0 Å². The molecule has 0 amide bonds. The Kier molecular flexibility index (Phi) is 5.25. The lowest BCUT2D eigenvalue weighted by Crippen LogP contribution is -2.29. The zero-order valence-corrected chi connectivity index (χ0v) is 16.8. The first kappa shape index (κ1) is 18.7. The van der Waals surface area contributed by atoms with E-state index in [4.69, 9.17) is 13.9 Å². The molecule has 0 aliphatic carbocycles. The molecule has 144 valence electrons. The third-order valence-corrected chi connectivity index (χ3v) is 4.89. The first-order chi connectivity index (χ1) is 14.2. The fourth-order valence-electron chi connectivity index (χ4n) is 3.27. The van der Waals surface area contributed by atoms with Crippen molar-refractivity contribution >= 4 is 0 Å². The molecule has 0 radical (unpaired) electrons. The molecule has 0 saturated carbocycles. The van der Waals surface area contributed by atoms with E-state index in [1.54, 1.807) is 14.2 Å². The van der Waals surface area contributed by atoms with Crippen LogP contribution in [0.25, 0.3) is 33.9 Å². The molecule has 0 unspecified atom stereocenters. The Balaban J connectivity index is 1.87. The van der Waals surface area contributed by atoms with Crippen LogP contribution in [0, 0.1) is 0 Å². The van der Waals surface area contributed by atoms with Gasteiger partial charge in [-0.1, -0.05) is 0 Å². The Hall–Kier alpha value is -3.66. The van der Waals surface area contributed by atoms with Crippen molar-refractivity contribution in [2.45, 2.75) is 0 Å². The van der Waals surface area contributed by atoms with E-state index in [1.165, 1.54) is 0 Å². The number of aromatic nitrogens is 1. The van der Waals surface area contributed by atoms with Crippen molar-refractivity contribution in [1.29, 1.82) is 0 Å². The van der Waals surface area contributed by atoms with Gasteiger partial charge in [-0.25, -0.2) is 8.98 Å². The largest absolute Gasteiger partial charge is 0.497 e. The summed E-state index contributed by atoms with van der Waals surface area (Å²) in [5.41, 5.74) is 4.16. The normalized spacial score (nSPS) is 10.6. The summed E-state index contributed by atoms with van der Waals surface area (Å²) in [7, 11) is 5.37. The third-order valence-electron chi connectivity index (χ3n) is 4.89. The van der Waals surface area contributed by atoms with Gasteiger partial charge in [0.25, 0.3) is 0 Å². The molecule has 0 aliphatic heterocycles. The van der Waals surface area contributed by atoms with Gasteiger partial charge >= 0.3 is 11.5 Å². The molecular formula is C25H23NO3+2. The average molecular weight is 385 g/mol. The maximum atomic E-state index is 6.31. The van der Waals surface area contributed by atoms with Crippen LogP contribution in [-0.4, -0.2) is 14.2 Å². The van der Waals surface area contributed by atoms with E-state index in [1.807, 2.05) is 73.9 Å². The van der Waals surface area contributed by atoms with Crippen LogP contribution in [0.4, 0.5) is 0 Å². The standard InChI is InChI=1S/C25H23NO3/c1-26-15-5-4-6-23(26)20-16-24(18-7-11-21(27-2)12-8-18)29-25(17-20)19-9-13-22(28-3)14-10-19/h4-17H,1-3H3/q+2. The van der Waals surface area contributed by atoms with E-state index in [2.05, 4.69) is 22.8 Å². The second-order valence-corrected chi connectivity index (χ2v) is 6.73. The maximum absolute atomic E-state index is 6.31. The molecule has 0 fully saturated rings. The van der Waals surface area contributed by atoms with Crippen molar-refractivity contribution in [3.05, 3.63) is 85.1 Å². The van der Waals surface area contributed by atoms with Crippen LogP contribution in [0.2, 0.25) is 0 Å². The first-order valence-corrected chi connectivity index (χ1v) is 9.40. The van der Waals surface area contributed by atoms with Crippen molar-refractivity contribution < 1.29 is 18.5 Å². The van der Waals surface area contributed by atoms with Crippen molar-refractivity contribution in [3.8, 4) is 45.4 Å². The number of methoxy groups -OCH3 is 2. The lowest BCUT2D eigenvalue weighted by atomic mass is 10.0. The number of rotatable bonds is 5. The van der Waals surface area contributed by atoms with E-state index >= 15 is 0 Å². The van der Waals surface area contributed by atoms with E-state index in [-0.39, 0.29) is 0 Å². The minimum atomic E-state index is 0.792. The lowest BCUT2D eigenvalue weighted by molar-refractivity contribution is -0.660. The second-order valence-electron chi connectivity index (χ2n) is 6.73. The van der Waals surface area contributed by atoms with Gasteiger partial charge in [0.15, 0.2) is 6.20 Å². The van der Waals surface area contributed by atoms with Gasteiger partial charge in [0, 0.05) is 12.1 Å². The molecular weight excluding hydrogens is 362 g/mol. The average Bonchev–Trinajstić information content (AvgIpc) is 2.79. The minimum Gasteiger partial charge on any atom is -0.497 e. The van der Waals surface area contributed by atoms with Crippen LogP contribution < -0.4 is 14.0 Å². The molecule has 2 heterocycles. The van der Waals surface area contributed by atoms with Gasteiger partial charge in [0.1, 0.15) is 18.5 Å². The van der Waals surface area contributed by atoms with Crippen LogP contribution in [-0.2, 0) is 7.05 Å². The molecule has 29 heavy (non-hydrogen) atoms. The summed E-state index contributed by atoms with van der Waals surface area (Å²) in [5.74, 6) is 3.21. The Morgan fingerprint density at radius 2 is 1.17 bits per heavy atom. The summed E-state index contributed by atoms with van der Waals surface area (Å²) in [6.07, 6.45) is 2.04. The number of benzene rings is 2. The minimum absolute atomic E-state index is 0.792. The smallest absolute Gasteiger partial charge is 0.361 e. The zero-order valence-electron chi connectivity index (χ0n) is 16.8.